The minimum Gasteiger partial charge on any atom is -0.508 e. The van der Waals surface area contributed by atoms with E-state index in [0.717, 1.165) is 17.1 Å². The van der Waals surface area contributed by atoms with E-state index >= 15 is 0 Å². The van der Waals surface area contributed by atoms with E-state index in [9.17, 15) is 5.11 Å². The average molecular weight is 279 g/mol. The largest absolute Gasteiger partial charge is 0.508 e. The molecule has 1 aromatic carbocycles. The number of nitrogens with two attached hydrogens (primary N) is 1. The monoisotopic (exact) mass is 279 g/mol. The van der Waals surface area contributed by atoms with Crippen LogP contribution in [0.15, 0.2) is 35.8 Å². The summed E-state index contributed by atoms with van der Waals surface area (Å²) in [6, 6.07) is 7.11. The Kier molecular flexibility index (Phi) is 4.11. The highest BCUT2D eigenvalue weighted by Crippen LogP contribution is 2.18. The number of hydrogen-bond acceptors (Lipinski definition) is 4. The van der Waals surface area contributed by atoms with Crippen LogP contribution in [0.4, 0.5) is 5.13 Å². The van der Waals surface area contributed by atoms with Gasteiger partial charge in [-0.3, -0.25) is 4.90 Å². The molecule has 1 aromatic heterocycles. The lowest BCUT2D eigenvalue weighted by Gasteiger charge is -2.19. The van der Waals surface area contributed by atoms with Crippen LogP contribution in [0, 0.1) is 0 Å². The van der Waals surface area contributed by atoms with Crippen molar-refractivity contribution < 1.29 is 5.11 Å². The lowest BCUT2D eigenvalue weighted by molar-refractivity contribution is 0.475. The quantitative estimate of drug-likeness (QED) is 0.840. The van der Waals surface area contributed by atoms with E-state index in [1.165, 1.54) is 11.3 Å². The van der Waals surface area contributed by atoms with E-state index in [1.54, 1.807) is 18.3 Å². The van der Waals surface area contributed by atoms with Crippen LogP contribution in [0.2, 0.25) is 0 Å². The lowest BCUT2D eigenvalue weighted by atomic mass is 10.1. The molecule has 0 aliphatic rings. The zero-order valence-electron chi connectivity index (χ0n) is 9.61. The van der Waals surface area contributed by atoms with Gasteiger partial charge in [0.2, 0.25) is 0 Å². The Morgan fingerprint density at radius 2 is 2.11 bits per heavy atom. The van der Waals surface area contributed by atoms with Gasteiger partial charge in [-0.05, 0) is 36.3 Å². The van der Waals surface area contributed by atoms with Gasteiger partial charge in [0, 0.05) is 18.1 Å². The predicted octanol–water partition coefficient (Wildman–Crippen LogP) is 2.14. The molecule has 0 amide bonds. The van der Waals surface area contributed by atoms with Gasteiger partial charge in [-0.1, -0.05) is 12.1 Å². The molecule has 0 radical (unpaired) electrons. The maximum atomic E-state index is 9.21. The van der Waals surface area contributed by atoms with Crippen molar-refractivity contribution in [2.24, 2.45) is 5.73 Å². The molecule has 18 heavy (non-hydrogen) atoms. The number of phenols is 1. The van der Waals surface area contributed by atoms with E-state index in [2.05, 4.69) is 4.98 Å². The summed E-state index contributed by atoms with van der Waals surface area (Å²) in [6.07, 6.45) is 2.52. The number of phenolic OH excluding ortho intramolecular Hbond substituents is 1. The summed E-state index contributed by atoms with van der Waals surface area (Å²) in [5.74, 6) is 0.268. The second-order valence-electron chi connectivity index (χ2n) is 3.72. The highest BCUT2D eigenvalue weighted by Gasteiger charge is 2.11. The van der Waals surface area contributed by atoms with Crippen LogP contribution in [0.3, 0.4) is 0 Å². The number of thiazole rings is 1. The average Bonchev–Trinajstić information content (AvgIpc) is 2.85. The van der Waals surface area contributed by atoms with Gasteiger partial charge in [0.15, 0.2) is 10.2 Å². The molecule has 0 saturated carbocycles. The number of thiocarbonyl (C=S) groups is 1. The molecule has 0 spiro atoms. The molecule has 2 rings (SSSR count). The van der Waals surface area contributed by atoms with E-state index in [0.29, 0.717) is 11.7 Å². The van der Waals surface area contributed by atoms with Gasteiger partial charge in [0.1, 0.15) is 5.75 Å². The first-order chi connectivity index (χ1) is 8.66. The predicted molar refractivity (Wildman–Crippen MR) is 78.1 cm³/mol. The molecular formula is C12H13N3OS2. The number of nitrogens with zero attached hydrogens (tertiary/aromatic N) is 2. The van der Waals surface area contributed by atoms with Gasteiger partial charge in [0.25, 0.3) is 0 Å². The Hall–Kier alpha value is -1.66. The maximum Gasteiger partial charge on any atom is 0.191 e. The van der Waals surface area contributed by atoms with Crippen LogP contribution in [0.25, 0.3) is 0 Å². The Labute approximate surface area is 115 Å². The Balaban J connectivity index is 2.02. The summed E-state index contributed by atoms with van der Waals surface area (Å²) in [5.41, 5.74) is 6.82. The van der Waals surface area contributed by atoms with Crippen molar-refractivity contribution in [3.63, 3.8) is 0 Å². The summed E-state index contributed by atoms with van der Waals surface area (Å²) in [6.45, 7) is 0.674. The van der Waals surface area contributed by atoms with Gasteiger partial charge in [0.05, 0.1) is 0 Å². The number of hydrogen-bond donors (Lipinski definition) is 2. The minimum absolute atomic E-state index is 0.268. The van der Waals surface area contributed by atoms with Gasteiger partial charge in [-0.15, -0.1) is 11.3 Å². The summed E-state index contributed by atoms with van der Waals surface area (Å²) < 4.78 is 0. The topological polar surface area (TPSA) is 62.4 Å². The third-order valence-corrected chi connectivity index (χ3v) is 3.49. The van der Waals surface area contributed by atoms with Gasteiger partial charge in [-0.2, -0.15) is 0 Å². The SMILES string of the molecule is NC(=S)N(CCc1ccc(O)cc1)c1nccs1. The second kappa shape index (κ2) is 5.79. The van der Waals surface area contributed by atoms with Gasteiger partial charge < -0.3 is 10.8 Å². The first-order valence-electron chi connectivity index (χ1n) is 5.41. The standard InChI is InChI=1S/C12H13N3OS2/c13-11(17)15(12-14-6-8-18-12)7-5-9-1-3-10(16)4-2-9/h1-4,6,8,16H,5,7H2,(H2,13,17). The van der Waals surface area contributed by atoms with Crippen molar-refractivity contribution in [1.82, 2.24) is 4.98 Å². The fourth-order valence-electron chi connectivity index (χ4n) is 1.55. The summed E-state index contributed by atoms with van der Waals surface area (Å²) in [7, 11) is 0. The number of rotatable bonds is 4. The molecule has 0 fully saturated rings. The number of aromatic hydroxyl groups is 1. The molecule has 1 heterocycles. The van der Waals surface area contributed by atoms with Crippen molar-refractivity contribution in [2.75, 3.05) is 11.4 Å². The molecule has 2 aromatic rings. The fourth-order valence-corrected chi connectivity index (χ4v) is 2.47. The van der Waals surface area contributed by atoms with Crippen LogP contribution in [-0.4, -0.2) is 21.7 Å². The van der Waals surface area contributed by atoms with E-state index in [4.69, 9.17) is 18.0 Å². The molecule has 4 nitrogen and oxygen atoms in total. The summed E-state index contributed by atoms with van der Waals surface area (Å²) in [5, 5.41) is 12.2. The fraction of sp³-hybridized carbons (Fsp3) is 0.167. The number of benzene rings is 1. The number of anilines is 1. The normalized spacial score (nSPS) is 10.2. The summed E-state index contributed by atoms with van der Waals surface area (Å²) >= 11 is 6.54. The van der Waals surface area contributed by atoms with Crippen molar-refractivity contribution in [3.8, 4) is 5.75 Å². The molecule has 0 aliphatic heterocycles. The van der Waals surface area contributed by atoms with Gasteiger partial charge in [-0.25, -0.2) is 4.98 Å². The minimum atomic E-state index is 0.268. The zero-order chi connectivity index (χ0) is 13.0. The molecule has 0 aliphatic carbocycles. The lowest BCUT2D eigenvalue weighted by Crippen LogP contribution is -2.37. The highest BCUT2D eigenvalue weighted by molar-refractivity contribution is 7.80. The molecular weight excluding hydrogens is 266 g/mol. The summed E-state index contributed by atoms with van der Waals surface area (Å²) in [4.78, 5) is 6.01. The first-order valence-corrected chi connectivity index (χ1v) is 6.70. The van der Waals surface area contributed by atoms with E-state index in [1.807, 2.05) is 22.4 Å². The Morgan fingerprint density at radius 3 is 2.67 bits per heavy atom. The molecule has 3 N–H and O–H groups in total. The Bertz CT molecular complexity index is 511. The third-order valence-electron chi connectivity index (χ3n) is 2.48. The first kappa shape index (κ1) is 12.8. The van der Waals surface area contributed by atoms with E-state index in [-0.39, 0.29) is 5.75 Å². The second-order valence-corrected chi connectivity index (χ2v) is 5.01. The molecule has 94 valence electrons. The van der Waals surface area contributed by atoms with Crippen LogP contribution < -0.4 is 10.6 Å². The maximum absolute atomic E-state index is 9.21. The van der Waals surface area contributed by atoms with Crippen molar-refractivity contribution in [3.05, 3.63) is 41.4 Å². The van der Waals surface area contributed by atoms with Crippen molar-refractivity contribution in [1.29, 1.82) is 0 Å². The van der Waals surface area contributed by atoms with Crippen LogP contribution in [0.1, 0.15) is 5.56 Å². The third kappa shape index (κ3) is 3.18. The zero-order valence-corrected chi connectivity index (χ0v) is 11.2. The molecule has 0 atom stereocenters. The van der Waals surface area contributed by atoms with Gasteiger partial charge >= 0.3 is 0 Å². The van der Waals surface area contributed by atoms with Crippen LogP contribution in [-0.2, 0) is 6.42 Å². The highest BCUT2D eigenvalue weighted by atomic mass is 32.1. The van der Waals surface area contributed by atoms with Crippen molar-refractivity contribution in [2.45, 2.75) is 6.42 Å². The van der Waals surface area contributed by atoms with E-state index < -0.39 is 0 Å². The molecule has 0 bridgehead atoms. The smallest absolute Gasteiger partial charge is 0.191 e. The molecule has 0 unspecified atom stereocenters. The van der Waals surface area contributed by atoms with Crippen LogP contribution >= 0.6 is 23.6 Å². The van der Waals surface area contributed by atoms with Crippen molar-refractivity contribution >= 4 is 33.8 Å². The van der Waals surface area contributed by atoms with Crippen LogP contribution in [0.5, 0.6) is 5.75 Å². The molecule has 0 saturated heterocycles. The molecule has 6 heteroatoms. The number of aromatic nitrogens is 1. The Morgan fingerprint density at radius 1 is 1.39 bits per heavy atom.